The number of halogens is 3. The Morgan fingerprint density at radius 1 is 1.38 bits per heavy atom. The summed E-state index contributed by atoms with van der Waals surface area (Å²) in [6.45, 7) is 1.66. The van der Waals surface area contributed by atoms with Crippen molar-refractivity contribution in [2.75, 3.05) is 18.4 Å². The van der Waals surface area contributed by atoms with Crippen molar-refractivity contribution in [2.45, 2.75) is 19.5 Å². The SMILES string of the molecule is CC1(CC(F)(F)F)CN(C(=O)Nc2cccnc2-c2ccco2)C1. The van der Waals surface area contributed by atoms with Gasteiger partial charge in [0.2, 0.25) is 0 Å². The van der Waals surface area contributed by atoms with Crippen LogP contribution in [0.25, 0.3) is 11.5 Å². The third-order valence-corrected chi connectivity index (χ3v) is 3.86. The van der Waals surface area contributed by atoms with Crippen LogP contribution in [0.4, 0.5) is 23.7 Å². The normalized spacial score (nSPS) is 16.6. The van der Waals surface area contributed by atoms with Crippen LogP contribution in [-0.4, -0.2) is 35.2 Å². The minimum Gasteiger partial charge on any atom is -0.463 e. The third kappa shape index (κ3) is 3.52. The molecule has 1 aliphatic heterocycles. The van der Waals surface area contributed by atoms with Crippen LogP contribution in [0.1, 0.15) is 13.3 Å². The van der Waals surface area contributed by atoms with Crippen molar-refractivity contribution in [3.8, 4) is 11.5 Å². The largest absolute Gasteiger partial charge is 0.463 e. The van der Waals surface area contributed by atoms with Crippen molar-refractivity contribution in [3.05, 3.63) is 36.7 Å². The topological polar surface area (TPSA) is 58.4 Å². The van der Waals surface area contributed by atoms with E-state index in [0.717, 1.165) is 0 Å². The van der Waals surface area contributed by atoms with E-state index in [9.17, 15) is 18.0 Å². The van der Waals surface area contributed by atoms with Crippen molar-refractivity contribution in [3.63, 3.8) is 0 Å². The molecule has 5 nitrogen and oxygen atoms in total. The number of nitrogens with one attached hydrogen (secondary N) is 1. The molecule has 0 atom stereocenters. The highest BCUT2D eigenvalue weighted by molar-refractivity contribution is 5.93. The van der Waals surface area contributed by atoms with Crippen molar-refractivity contribution < 1.29 is 22.4 Å². The first-order chi connectivity index (χ1) is 11.3. The van der Waals surface area contributed by atoms with E-state index in [1.54, 1.807) is 30.5 Å². The second-order valence-corrected chi connectivity index (χ2v) is 6.27. The molecule has 128 valence electrons. The molecule has 2 aromatic rings. The predicted molar refractivity (Wildman–Crippen MR) is 81.3 cm³/mol. The quantitative estimate of drug-likeness (QED) is 0.914. The number of rotatable bonds is 3. The summed E-state index contributed by atoms with van der Waals surface area (Å²) < 4.78 is 42.8. The predicted octanol–water partition coefficient (Wildman–Crippen LogP) is 4.15. The van der Waals surface area contributed by atoms with Gasteiger partial charge in [-0.15, -0.1) is 0 Å². The highest BCUT2D eigenvalue weighted by Gasteiger charge is 2.48. The molecule has 0 radical (unpaired) electrons. The van der Waals surface area contributed by atoms with E-state index < -0.39 is 24.0 Å². The fourth-order valence-electron chi connectivity index (χ4n) is 2.92. The van der Waals surface area contributed by atoms with Gasteiger partial charge in [0.1, 0.15) is 5.69 Å². The smallest absolute Gasteiger partial charge is 0.389 e. The summed E-state index contributed by atoms with van der Waals surface area (Å²) in [4.78, 5) is 17.8. The van der Waals surface area contributed by atoms with Crippen LogP contribution in [0.5, 0.6) is 0 Å². The molecule has 0 saturated carbocycles. The Bertz CT molecular complexity index is 722. The van der Waals surface area contributed by atoms with Gasteiger partial charge in [-0.1, -0.05) is 6.92 Å². The number of furan rings is 1. The number of amides is 2. The van der Waals surface area contributed by atoms with Crippen molar-refractivity contribution >= 4 is 11.7 Å². The van der Waals surface area contributed by atoms with Gasteiger partial charge in [-0.25, -0.2) is 4.79 Å². The highest BCUT2D eigenvalue weighted by Crippen LogP contribution is 2.40. The van der Waals surface area contributed by atoms with Crippen LogP contribution in [0.3, 0.4) is 0 Å². The minimum absolute atomic E-state index is 0.0642. The maximum Gasteiger partial charge on any atom is 0.389 e. The third-order valence-electron chi connectivity index (χ3n) is 3.86. The standard InChI is InChI=1S/C16H16F3N3O2/c1-15(8-16(17,18)19)9-22(10-15)14(23)21-11-4-2-6-20-13(11)12-5-3-7-24-12/h2-7H,8-10H2,1H3,(H,21,23). The molecular formula is C16H16F3N3O2. The van der Waals surface area contributed by atoms with Gasteiger partial charge in [0.05, 0.1) is 18.4 Å². The Morgan fingerprint density at radius 3 is 2.75 bits per heavy atom. The van der Waals surface area contributed by atoms with Crippen LogP contribution < -0.4 is 5.32 Å². The molecule has 0 bridgehead atoms. The molecule has 3 rings (SSSR count). The Balaban J connectivity index is 1.66. The maximum atomic E-state index is 12.5. The molecule has 1 fully saturated rings. The monoisotopic (exact) mass is 339 g/mol. The molecular weight excluding hydrogens is 323 g/mol. The summed E-state index contributed by atoms with van der Waals surface area (Å²) in [5.41, 5.74) is -0.00901. The number of hydrogen-bond donors (Lipinski definition) is 1. The summed E-state index contributed by atoms with van der Waals surface area (Å²) in [6.07, 6.45) is -2.06. The lowest BCUT2D eigenvalue weighted by molar-refractivity contribution is -0.171. The average Bonchev–Trinajstić information content (AvgIpc) is 2.97. The van der Waals surface area contributed by atoms with Gasteiger partial charge in [-0.3, -0.25) is 4.98 Å². The summed E-state index contributed by atoms with van der Waals surface area (Å²) in [5, 5.41) is 2.68. The number of hydrogen-bond acceptors (Lipinski definition) is 3. The summed E-state index contributed by atoms with van der Waals surface area (Å²) in [5.74, 6) is 0.497. The number of likely N-dealkylation sites (tertiary alicyclic amines) is 1. The first-order valence-corrected chi connectivity index (χ1v) is 7.37. The molecule has 1 saturated heterocycles. The molecule has 0 spiro atoms. The lowest BCUT2D eigenvalue weighted by Crippen LogP contribution is -2.59. The molecule has 8 heteroatoms. The minimum atomic E-state index is -4.23. The number of carbonyl (C=O) groups is 1. The average molecular weight is 339 g/mol. The maximum absolute atomic E-state index is 12.5. The van der Waals surface area contributed by atoms with E-state index in [0.29, 0.717) is 17.1 Å². The fourth-order valence-corrected chi connectivity index (χ4v) is 2.92. The molecule has 24 heavy (non-hydrogen) atoms. The van der Waals surface area contributed by atoms with E-state index in [4.69, 9.17) is 4.42 Å². The number of nitrogens with zero attached hydrogens (tertiary/aromatic N) is 2. The highest BCUT2D eigenvalue weighted by atomic mass is 19.4. The van der Waals surface area contributed by atoms with E-state index in [-0.39, 0.29) is 13.1 Å². The first kappa shape index (κ1) is 16.4. The Hall–Kier alpha value is -2.51. The zero-order chi connectivity index (χ0) is 17.4. The molecule has 2 aromatic heterocycles. The first-order valence-electron chi connectivity index (χ1n) is 7.37. The number of alkyl halides is 3. The Labute approximate surface area is 136 Å². The van der Waals surface area contributed by atoms with Gasteiger partial charge in [0.25, 0.3) is 0 Å². The van der Waals surface area contributed by atoms with E-state index >= 15 is 0 Å². The molecule has 0 aromatic carbocycles. The summed E-state index contributed by atoms with van der Waals surface area (Å²) >= 11 is 0. The van der Waals surface area contributed by atoms with Gasteiger partial charge in [-0.2, -0.15) is 13.2 Å². The molecule has 0 aliphatic carbocycles. The molecule has 2 amide bonds. The molecule has 1 N–H and O–H groups in total. The van der Waals surface area contributed by atoms with E-state index in [1.807, 2.05) is 0 Å². The second-order valence-electron chi connectivity index (χ2n) is 6.27. The van der Waals surface area contributed by atoms with Crippen molar-refractivity contribution in [1.29, 1.82) is 0 Å². The van der Waals surface area contributed by atoms with Crippen LogP contribution in [0.15, 0.2) is 41.1 Å². The molecule has 3 heterocycles. The Morgan fingerprint density at radius 2 is 2.12 bits per heavy atom. The second kappa shape index (κ2) is 5.85. The van der Waals surface area contributed by atoms with Crippen molar-refractivity contribution in [2.24, 2.45) is 5.41 Å². The number of aromatic nitrogens is 1. The van der Waals surface area contributed by atoms with E-state index in [1.165, 1.54) is 18.1 Å². The summed E-state index contributed by atoms with van der Waals surface area (Å²) in [7, 11) is 0. The summed E-state index contributed by atoms with van der Waals surface area (Å²) in [6, 6.07) is 6.29. The van der Waals surface area contributed by atoms with Gasteiger partial charge in [0.15, 0.2) is 5.76 Å². The van der Waals surface area contributed by atoms with Gasteiger partial charge in [0, 0.05) is 24.7 Å². The van der Waals surface area contributed by atoms with Gasteiger partial charge >= 0.3 is 12.2 Å². The Kier molecular flexibility index (Phi) is 3.98. The molecule has 1 aliphatic rings. The zero-order valence-electron chi connectivity index (χ0n) is 12.9. The van der Waals surface area contributed by atoms with Crippen LogP contribution in [0.2, 0.25) is 0 Å². The van der Waals surface area contributed by atoms with Gasteiger partial charge in [-0.05, 0) is 24.3 Å². The number of carbonyl (C=O) groups excluding carboxylic acids is 1. The lowest BCUT2D eigenvalue weighted by Gasteiger charge is -2.48. The zero-order valence-corrected chi connectivity index (χ0v) is 12.9. The lowest BCUT2D eigenvalue weighted by atomic mass is 9.79. The van der Waals surface area contributed by atoms with Crippen LogP contribution in [-0.2, 0) is 0 Å². The number of anilines is 1. The van der Waals surface area contributed by atoms with Crippen molar-refractivity contribution in [1.82, 2.24) is 9.88 Å². The number of pyridine rings is 1. The fraction of sp³-hybridized carbons (Fsp3) is 0.375. The molecule has 0 unspecified atom stereocenters. The number of urea groups is 1. The van der Waals surface area contributed by atoms with Gasteiger partial charge < -0.3 is 14.6 Å². The van der Waals surface area contributed by atoms with Crippen LogP contribution >= 0.6 is 0 Å². The van der Waals surface area contributed by atoms with Crippen LogP contribution in [0, 0.1) is 5.41 Å². The van der Waals surface area contributed by atoms with E-state index in [2.05, 4.69) is 10.3 Å².